The molecule has 0 aliphatic heterocycles. The second kappa shape index (κ2) is 5.65. The number of phenols is 1. The summed E-state index contributed by atoms with van der Waals surface area (Å²) in [6, 6.07) is 13.9. The van der Waals surface area contributed by atoms with Crippen LogP contribution in [0.15, 0.2) is 42.5 Å². The first-order valence-electron chi connectivity index (χ1n) is 6.47. The number of aromatic hydroxyl groups is 1. The van der Waals surface area contributed by atoms with Gasteiger partial charge in [-0.2, -0.15) is 0 Å². The Morgan fingerprint density at radius 2 is 1.68 bits per heavy atom. The summed E-state index contributed by atoms with van der Waals surface area (Å²) in [6.07, 6.45) is 1.05. The zero-order valence-electron chi connectivity index (χ0n) is 11.4. The van der Waals surface area contributed by atoms with Gasteiger partial charge in [-0.15, -0.1) is 0 Å². The fraction of sp³-hybridized carbons (Fsp3) is 0.250. The summed E-state index contributed by atoms with van der Waals surface area (Å²) >= 11 is 0. The minimum absolute atomic E-state index is 0.138. The molecular formula is C16H20N2O. The molecule has 2 rings (SSSR count). The molecule has 0 aliphatic rings. The Morgan fingerprint density at radius 1 is 1.05 bits per heavy atom. The standard InChI is InChI=1S/C16H20N2O/c1-3-12-4-7-14(8-5-12)18(2)11-13-6-9-16(19)15(17)10-13/h4-10,19H,3,11,17H2,1-2H3. The van der Waals surface area contributed by atoms with Crippen LogP contribution < -0.4 is 10.6 Å². The van der Waals surface area contributed by atoms with E-state index >= 15 is 0 Å². The van der Waals surface area contributed by atoms with E-state index in [2.05, 4.69) is 36.1 Å². The number of nitrogens with zero attached hydrogens (tertiary/aromatic N) is 1. The molecule has 0 spiro atoms. The van der Waals surface area contributed by atoms with Crippen molar-refractivity contribution in [3.63, 3.8) is 0 Å². The van der Waals surface area contributed by atoms with Crippen molar-refractivity contribution in [2.75, 3.05) is 17.7 Å². The summed E-state index contributed by atoms with van der Waals surface area (Å²) < 4.78 is 0. The van der Waals surface area contributed by atoms with Crippen molar-refractivity contribution in [3.8, 4) is 5.75 Å². The molecule has 100 valence electrons. The first-order chi connectivity index (χ1) is 9.10. The lowest BCUT2D eigenvalue weighted by atomic mass is 10.1. The van der Waals surface area contributed by atoms with Gasteiger partial charge in [-0.25, -0.2) is 0 Å². The van der Waals surface area contributed by atoms with Crippen LogP contribution in [0, 0.1) is 0 Å². The molecule has 0 saturated heterocycles. The van der Waals surface area contributed by atoms with Gasteiger partial charge < -0.3 is 15.7 Å². The van der Waals surface area contributed by atoms with Crippen molar-refractivity contribution in [2.24, 2.45) is 0 Å². The molecule has 0 atom stereocenters. The lowest BCUT2D eigenvalue weighted by molar-refractivity contribution is 0.478. The van der Waals surface area contributed by atoms with Crippen molar-refractivity contribution in [3.05, 3.63) is 53.6 Å². The van der Waals surface area contributed by atoms with Gasteiger partial charge in [0.25, 0.3) is 0 Å². The van der Waals surface area contributed by atoms with E-state index in [1.165, 1.54) is 11.3 Å². The Morgan fingerprint density at radius 3 is 2.26 bits per heavy atom. The van der Waals surface area contributed by atoms with Gasteiger partial charge >= 0.3 is 0 Å². The van der Waals surface area contributed by atoms with Gasteiger partial charge in [-0.3, -0.25) is 0 Å². The highest BCUT2D eigenvalue weighted by Crippen LogP contribution is 2.22. The van der Waals surface area contributed by atoms with Gasteiger partial charge in [0.2, 0.25) is 0 Å². The number of nitrogens with two attached hydrogens (primary N) is 1. The third kappa shape index (κ3) is 3.19. The molecule has 0 bridgehead atoms. The van der Waals surface area contributed by atoms with E-state index < -0.39 is 0 Å². The first-order valence-corrected chi connectivity index (χ1v) is 6.47. The van der Waals surface area contributed by atoms with Crippen LogP contribution in [0.3, 0.4) is 0 Å². The summed E-state index contributed by atoms with van der Waals surface area (Å²) in [5.74, 6) is 0.138. The fourth-order valence-corrected chi connectivity index (χ4v) is 2.05. The molecule has 0 heterocycles. The second-order valence-corrected chi connectivity index (χ2v) is 4.77. The lowest BCUT2D eigenvalue weighted by Gasteiger charge is -2.20. The molecule has 0 unspecified atom stereocenters. The monoisotopic (exact) mass is 256 g/mol. The van der Waals surface area contributed by atoms with E-state index in [9.17, 15) is 5.11 Å². The summed E-state index contributed by atoms with van der Waals surface area (Å²) in [6.45, 7) is 2.91. The van der Waals surface area contributed by atoms with E-state index in [4.69, 9.17) is 5.73 Å². The summed E-state index contributed by atoms with van der Waals surface area (Å²) in [5, 5.41) is 9.41. The molecule has 2 aromatic carbocycles. The summed E-state index contributed by atoms with van der Waals surface area (Å²) in [4.78, 5) is 2.16. The van der Waals surface area contributed by atoms with Crippen molar-refractivity contribution in [2.45, 2.75) is 19.9 Å². The van der Waals surface area contributed by atoms with Crippen molar-refractivity contribution >= 4 is 11.4 Å². The van der Waals surface area contributed by atoms with Gasteiger partial charge in [-0.1, -0.05) is 25.1 Å². The van der Waals surface area contributed by atoms with Crippen LogP contribution in [0.4, 0.5) is 11.4 Å². The molecule has 3 heteroatoms. The third-order valence-electron chi connectivity index (χ3n) is 3.30. The fourth-order valence-electron chi connectivity index (χ4n) is 2.05. The highest BCUT2D eigenvalue weighted by atomic mass is 16.3. The molecule has 3 nitrogen and oxygen atoms in total. The van der Waals surface area contributed by atoms with Crippen LogP contribution in [-0.4, -0.2) is 12.2 Å². The van der Waals surface area contributed by atoms with Gasteiger partial charge in [0.05, 0.1) is 5.69 Å². The first kappa shape index (κ1) is 13.3. The predicted octanol–water partition coefficient (Wildman–Crippen LogP) is 3.17. The van der Waals surface area contributed by atoms with Crippen molar-refractivity contribution in [1.29, 1.82) is 0 Å². The Balaban J connectivity index is 2.10. The molecule has 0 amide bonds. The van der Waals surface area contributed by atoms with E-state index in [0.717, 1.165) is 18.5 Å². The quantitative estimate of drug-likeness (QED) is 0.652. The highest BCUT2D eigenvalue weighted by Gasteiger charge is 2.04. The maximum atomic E-state index is 9.41. The van der Waals surface area contributed by atoms with Crippen LogP contribution in [0.25, 0.3) is 0 Å². The smallest absolute Gasteiger partial charge is 0.138 e. The summed E-state index contributed by atoms with van der Waals surface area (Å²) in [5.41, 5.74) is 9.72. The van der Waals surface area contributed by atoms with Gasteiger partial charge in [0.15, 0.2) is 0 Å². The molecule has 0 aromatic heterocycles. The number of hydrogen-bond donors (Lipinski definition) is 2. The Hall–Kier alpha value is -2.16. The van der Waals surface area contributed by atoms with Crippen LogP contribution in [0.1, 0.15) is 18.1 Å². The zero-order valence-corrected chi connectivity index (χ0v) is 11.4. The molecule has 0 saturated carbocycles. The van der Waals surface area contributed by atoms with Crippen LogP contribution in [0.5, 0.6) is 5.75 Å². The topological polar surface area (TPSA) is 49.5 Å². The third-order valence-corrected chi connectivity index (χ3v) is 3.30. The SMILES string of the molecule is CCc1ccc(N(C)Cc2ccc(O)c(N)c2)cc1. The number of benzene rings is 2. The number of nitrogen functional groups attached to an aromatic ring is 1. The zero-order chi connectivity index (χ0) is 13.8. The number of aryl methyl sites for hydroxylation is 1. The molecule has 0 aliphatic carbocycles. The molecular weight excluding hydrogens is 236 g/mol. The van der Waals surface area contributed by atoms with E-state index in [-0.39, 0.29) is 5.75 Å². The highest BCUT2D eigenvalue weighted by molar-refractivity contribution is 5.54. The normalized spacial score (nSPS) is 10.4. The Bertz CT molecular complexity index is 549. The van der Waals surface area contributed by atoms with E-state index in [1.54, 1.807) is 6.07 Å². The maximum Gasteiger partial charge on any atom is 0.138 e. The minimum atomic E-state index is 0.138. The molecule has 19 heavy (non-hydrogen) atoms. The van der Waals surface area contributed by atoms with Crippen LogP contribution >= 0.6 is 0 Å². The minimum Gasteiger partial charge on any atom is -0.506 e. The lowest BCUT2D eigenvalue weighted by Crippen LogP contribution is -2.16. The number of anilines is 2. The number of hydrogen-bond acceptors (Lipinski definition) is 3. The number of phenolic OH excluding ortho intramolecular Hbond substituents is 1. The second-order valence-electron chi connectivity index (χ2n) is 4.77. The predicted molar refractivity (Wildman–Crippen MR) is 80.4 cm³/mol. The average molecular weight is 256 g/mol. The maximum absolute atomic E-state index is 9.41. The van der Waals surface area contributed by atoms with Gasteiger partial charge in [0, 0.05) is 19.3 Å². The largest absolute Gasteiger partial charge is 0.506 e. The van der Waals surface area contributed by atoms with E-state index in [0.29, 0.717) is 5.69 Å². The van der Waals surface area contributed by atoms with Crippen LogP contribution in [-0.2, 0) is 13.0 Å². The number of rotatable bonds is 4. The molecule has 3 N–H and O–H groups in total. The Labute approximate surface area is 114 Å². The average Bonchev–Trinajstić information content (AvgIpc) is 2.43. The van der Waals surface area contributed by atoms with E-state index in [1.807, 2.05) is 19.2 Å². The van der Waals surface area contributed by atoms with Gasteiger partial charge in [0.1, 0.15) is 5.75 Å². The van der Waals surface area contributed by atoms with Crippen molar-refractivity contribution in [1.82, 2.24) is 0 Å². The molecule has 2 aromatic rings. The molecule has 0 radical (unpaired) electrons. The molecule has 0 fully saturated rings. The summed E-state index contributed by atoms with van der Waals surface area (Å²) in [7, 11) is 2.05. The van der Waals surface area contributed by atoms with Gasteiger partial charge in [-0.05, 0) is 41.8 Å². The Kier molecular flexibility index (Phi) is 3.95. The van der Waals surface area contributed by atoms with Crippen molar-refractivity contribution < 1.29 is 5.11 Å². The van der Waals surface area contributed by atoms with Crippen LogP contribution in [0.2, 0.25) is 0 Å².